The molecule has 1 atom stereocenters. The summed E-state index contributed by atoms with van der Waals surface area (Å²) in [4.78, 5) is 11.8. The van der Waals surface area contributed by atoms with E-state index < -0.39 is 35.5 Å². The minimum absolute atomic E-state index is 0.0735. The first-order valence-corrected chi connectivity index (χ1v) is 5.75. The molecule has 0 amide bonds. The Balaban J connectivity index is 2.40. The van der Waals surface area contributed by atoms with Gasteiger partial charge in [-0.25, -0.2) is 0 Å². The van der Waals surface area contributed by atoms with Crippen LogP contribution in [-0.2, 0) is 9.53 Å². The molecule has 98 valence electrons. The molecule has 0 aromatic rings. The van der Waals surface area contributed by atoms with E-state index in [4.69, 9.17) is 4.74 Å². The largest absolute Gasteiger partial charge is 0.466 e. The van der Waals surface area contributed by atoms with Crippen molar-refractivity contribution in [3.05, 3.63) is 36.0 Å². The maximum absolute atomic E-state index is 13.0. The Morgan fingerprint density at radius 1 is 1.28 bits per heavy atom. The minimum Gasteiger partial charge on any atom is -0.466 e. The lowest BCUT2D eigenvalue weighted by atomic mass is 9.86. The van der Waals surface area contributed by atoms with E-state index in [9.17, 15) is 18.0 Å². The van der Waals surface area contributed by atoms with Crippen molar-refractivity contribution in [3.8, 4) is 0 Å². The number of ether oxygens (including phenoxy) is 1. The fraction of sp³-hybridized carbons (Fsp3) is 0.462. The first-order chi connectivity index (χ1) is 8.43. The van der Waals surface area contributed by atoms with Crippen molar-refractivity contribution in [2.24, 2.45) is 17.8 Å². The van der Waals surface area contributed by atoms with Gasteiger partial charge in [-0.2, -0.15) is 13.2 Å². The molecule has 0 fully saturated rings. The van der Waals surface area contributed by atoms with E-state index in [2.05, 4.69) is 0 Å². The van der Waals surface area contributed by atoms with Gasteiger partial charge in [0.1, 0.15) is 0 Å². The predicted octanol–water partition coefficient (Wildman–Crippen LogP) is 3.03. The summed E-state index contributed by atoms with van der Waals surface area (Å²) in [6, 6.07) is 0. The van der Waals surface area contributed by atoms with E-state index in [1.165, 1.54) is 0 Å². The second-order valence-corrected chi connectivity index (χ2v) is 4.27. The average Bonchev–Trinajstić information content (AvgIpc) is 2.58. The SMILES string of the molecule is CCOC(=O)C1C(C(F)(F)F)=CC2C=CC1C=C2. The molecule has 2 bridgehead atoms. The molecule has 0 aromatic carbocycles. The lowest BCUT2D eigenvalue weighted by Crippen LogP contribution is -2.31. The van der Waals surface area contributed by atoms with Crippen LogP contribution in [0.15, 0.2) is 36.0 Å². The van der Waals surface area contributed by atoms with Gasteiger partial charge in [0.15, 0.2) is 0 Å². The van der Waals surface area contributed by atoms with E-state index in [0.717, 1.165) is 6.08 Å². The lowest BCUT2D eigenvalue weighted by Gasteiger charge is -2.23. The number of alkyl halides is 3. The van der Waals surface area contributed by atoms with Crippen LogP contribution < -0.4 is 0 Å². The van der Waals surface area contributed by atoms with Crippen LogP contribution >= 0.6 is 0 Å². The standard InChI is InChI=1S/C13H13F3O2/c1-2-18-12(17)11-9-5-3-8(4-6-9)7-10(11)13(14,15)16/h3-9,11H,2H2,1H3. The quantitative estimate of drug-likeness (QED) is 0.562. The van der Waals surface area contributed by atoms with E-state index in [1.54, 1.807) is 31.2 Å². The molecule has 0 spiro atoms. The van der Waals surface area contributed by atoms with Gasteiger partial charge >= 0.3 is 12.1 Å². The van der Waals surface area contributed by atoms with Gasteiger partial charge in [-0.15, -0.1) is 0 Å². The highest BCUT2D eigenvalue weighted by Crippen LogP contribution is 2.42. The summed E-state index contributed by atoms with van der Waals surface area (Å²) >= 11 is 0. The van der Waals surface area contributed by atoms with E-state index in [1.807, 2.05) is 0 Å². The third-order valence-electron chi connectivity index (χ3n) is 3.07. The van der Waals surface area contributed by atoms with Crippen molar-refractivity contribution >= 4 is 5.97 Å². The van der Waals surface area contributed by atoms with Crippen LogP contribution in [0.1, 0.15) is 6.92 Å². The molecular formula is C13H13F3O2. The maximum Gasteiger partial charge on any atom is 0.413 e. The third-order valence-corrected chi connectivity index (χ3v) is 3.07. The highest BCUT2D eigenvalue weighted by molar-refractivity contribution is 5.78. The van der Waals surface area contributed by atoms with Crippen molar-refractivity contribution in [2.45, 2.75) is 13.1 Å². The zero-order valence-electron chi connectivity index (χ0n) is 9.78. The molecular weight excluding hydrogens is 245 g/mol. The van der Waals surface area contributed by atoms with Crippen LogP contribution in [0.2, 0.25) is 0 Å². The van der Waals surface area contributed by atoms with Crippen LogP contribution in [0.3, 0.4) is 0 Å². The smallest absolute Gasteiger partial charge is 0.413 e. The molecule has 3 aliphatic carbocycles. The fourth-order valence-corrected chi connectivity index (χ4v) is 2.28. The second kappa shape index (κ2) is 4.63. The monoisotopic (exact) mass is 258 g/mol. The van der Waals surface area contributed by atoms with Gasteiger partial charge in [0, 0.05) is 17.4 Å². The summed E-state index contributed by atoms with van der Waals surface area (Å²) in [6.07, 6.45) is 3.22. The van der Waals surface area contributed by atoms with Gasteiger partial charge in [-0.05, 0) is 6.92 Å². The van der Waals surface area contributed by atoms with Crippen molar-refractivity contribution in [1.82, 2.24) is 0 Å². The summed E-state index contributed by atoms with van der Waals surface area (Å²) in [5.41, 5.74) is -0.800. The number of rotatable bonds is 2. The normalized spacial score (nSPS) is 30.0. The summed E-state index contributed by atoms with van der Waals surface area (Å²) in [7, 11) is 0. The number of esters is 1. The van der Waals surface area contributed by atoms with Gasteiger partial charge in [-0.1, -0.05) is 30.4 Å². The number of hydrogen-bond donors (Lipinski definition) is 0. The number of carbonyl (C=O) groups is 1. The second-order valence-electron chi connectivity index (χ2n) is 4.27. The van der Waals surface area contributed by atoms with Gasteiger partial charge in [0.2, 0.25) is 0 Å². The molecule has 0 N–H and O–H groups in total. The van der Waals surface area contributed by atoms with Crippen LogP contribution in [0.4, 0.5) is 13.2 Å². The van der Waals surface area contributed by atoms with Crippen molar-refractivity contribution in [3.63, 3.8) is 0 Å². The predicted molar refractivity (Wildman–Crippen MR) is 59.5 cm³/mol. The maximum atomic E-state index is 13.0. The fourth-order valence-electron chi connectivity index (χ4n) is 2.28. The van der Waals surface area contributed by atoms with Crippen molar-refractivity contribution < 1.29 is 22.7 Å². The molecule has 3 rings (SSSR count). The molecule has 0 saturated heterocycles. The zero-order valence-corrected chi connectivity index (χ0v) is 9.78. The summed E-state index contributed by atoms with van der Waals surface area (Å²) in [5, 5.41) is 0. The Bertz CT molecular complexity index is 418. The Morgan fingerprint density at radius 2 is 1.89 bits per heavy atom. The third kappa shape index (κ3) is 2.35. The van der Waals surface area contributed by atoms with E-state index in [-0.39, 0.29) is 6.61 Å². The van der Waals surface area contributed by atoms with Crippen LogP contribution in [-0.4, -0.2) is 18.8 Å². The molecule has 1 unspecified atom stereocenters. The first-order valence-electron chi connectivity index (χ1n) is 5.75. The first kappa shape index (κ1) is 12.9. The summed E-state index contributed by atoms with van der Waals surface area (Å²) in [5.74, 6) is -3.07. The molecule has 0 radical (unpaired) electrons. The van der Waals surface area contributed by atoms with Crippen LogP contribution in [0.25, 0.3) is 0 Å². The molecule has 0 aromatic heterocycles. The average molecular weight is 258 g/mol. The molecule has 0 heterocycles. The number of fused-ring (bicyclic) bond motifs is 1. The summed E-state index contributed by atoms with van der Waals surface area (Å²) < 4.78 is 43.8. The van der Waals surface area contributed by atoms with Gasteiger partial charge in [0.25, 0.3) is 0 Å². The molecule has 2 nitrogen and oxygen atoms in total. The van der Waals surface area contributed by atoms with Gasteiger partial charge in [-0.3, -0.25) is 4.79 Å². The number of allylic oxidation sites excluding steroid dienone is 5. The lowest BCUT2D eigenvalue weighted by molar-refractivity contribution is -0.152. The highest BCUT2D eigenvalue weighted by Gasteiger charge is 2.46. The van der Waals surface area contributed by atoms with Crippen LogP contribution in [0, 0.1) is 17.8 Å². The highest BCUT2D eigenvalue weighted by atomic mass is 19.4. The van der Waals surface area contributed by atoms with Crippen molar-refractivity contribution in [1.29, 1.82) is 0 Å². The Labute approximate surface area is 103 Å². The van der Waals surface area contributed by atoms with Crippen LogP contribution in [0.5, 0.6) is 0 Å². The molecule has 0 aliphatic heterocycles. The number of halogens is 3. The van der Waals surface area contributed by atoms with Gasteiger partial charge < -0.3 is 4.74 Å². The Morgan fingerprint density at radius 3 is 2.39 bits per heavy atom. The Hall–Kier alpha value is -1.52. The van der Waals surface area contributed by atoms with Gasteiger partial charge in [0.05, 0.1) is 12.5 Å². The van der Waals surface area contributed by atoms with Crippen molar-refractivity contribution in [2.75, 3.05) is 6.61 Å². The Kier molecular flexibility index (Phi) is 3.32. The zero-order chi connectivity index (χ0) is 13.3. The van der Waals surface area contributed by atoms with E-state index in [0.29, 0.717) is 0 Å². The minimum atomic E-state index is -4.51. The van der Waals surface area contributed by atoms with E-state index >= 15 is 0 Å². The molecule has 3 aliphatic rings. The summed E-state index contributed by atoms with van der Waals surface area (Å²) in [6.45, 7) is 1.65. The molecule has 5 heteroatoms. The number of carbonyl (C=O) groups excluding carboxylic acids is 1. The molecule has 0 saturated carbocycles. The topological polar surface area (TPSA) is 26.3 Å². The number of hydrogen-bond acceptors (Lipinski definition) is 2. The molecule has 18 heavy (non-hydrogen) atoms.